The van der Waals surface area contributed by atoms with Crippen LogP contribution in [0.4, 0.5) is 0 Å². The lowest BCUT2D eigenvalue weighted by Crippen LogP contribution is -2.55. The van der Waals surface area contributed by atoms with Crippen LogP contribution in [0.15, 0.2) is 22.9 Å². The molecule has 0 amide bonds. The lowest BCUT2D eigenvalue weighted by atomic mass is 9.96. The van der Waals surface area contributed by atoms with Crippen LogP contribution in [0.1, 0.15) is 25.5 Å². The van der Waals surface area contributed by atoms with Gasteiger partial charge in [-0.3, -0.25) is 9.88 Å². The average Bonchev–Trinajstić information content (AvgIpc) is 2.32. The lowest BCUT2D eigenvalue weighted by molar-refractivity contribution is -0.0713. The van der Waals surface area contributed by atoms with Crippen molar-refractivity contribution in [1.29, 1.82) is 0 Å². The van der Waals surface area contributed by atoms with Gasteiger partial charge in [-0.1, -0.05) is 0 Å². The van der Waals surface area contributed by atoms with E-state index in [9.17, 15) is 0 Å². The summed E-state index contributed by atoms with van der Waals surface area (Å²) in [6.45, 7) is 7.38. The van der Waals surface area contributed by atoms with Crippen molar-refractivity contribution in [2.75, 3.05) is 26.3 Å². The predicted molar refractivity (Wildman–Crippen MR) is 75.3 cm³/mol. The Morgan fingerprint density at radius 2 is 2.33 bits per heavy atom. The summed E-state index contributed by atoms with van der Waals surface area (Å²) in [6.07, 6.45) is 3.69. The van der Waals surface area contributed by atoms with Crippen molar-refractivity contribution in [3.8, 4) is 0 Å². The van der Waals surface area contributed by atoms with Gasteiger partial charge in [0.25, 0.3) is 0 Å². The molecular formula is C13H20BrN3O. The van der Waals surface area contributed by atoms with Gasteiger partial charge in [0.15, 0.2) is 0 Å². The van der Waals surface area contributed by atoms with Crippen LogP contribution < -0.4 is 5.73 Å². The van der Waals surface area contributed by atoms with Gasteiger partial charge in [0.2, 0.25) is 0 Å². The molecule has 0 radical (unpaired) electrons. The monoisotopic (exact) mass is 313 g/mol. The fraction of sp³-hybridized carbons (Fsp3) is 0.615. The minimum absolute atomic E-state index is 0.00457. The van der Waals surface area contributed by atoms with E-state index in [0.717, 1.165) is 29.8 Å². The van der Waals surface area contributed by atoms with Crippen molar-refractivity contribution in [3.05, 3.63) is 28.5 Å². The van der Waals surface area contributed by atoms with Crippen molar-refractivity contribution in [3.63, 3.8) is 0 Å². The Morgan fingerprint density at radius 3 is 2.94 bits per heavy atom. The SMILES string of the molecule is CC1(C)COCCN1C(CN)c1cncc(Br)c1. The van der Waals surface area contributed by atoms with E-state index in [1.54, 1.807) is 6.20 Å². The summed E-state index contributed by atoms with van der Waals surface area (Å²) < 4.78 is 6.55. The zero-order valence-corrected chi connectivity index (χ0v) is 12.5. The molecule has 1 atom stereocenters. The molecule has 1 aromatic rings. The molecule has 1 aliphatic rings. The van der Waals surface area contributed by atoms with Crippen LogP contribution in [0, 0.1) is 0 Å². The summed E-state index contributed by atoms with van der Waals surface area (Å²) in [5.41, 5.74) is 7.14. The van der Waals surface area contributed by atoms with Crippen molar-refractivity contribution in [1.82, 2.24) is 9.88 Å². The molecule has 1 aromatic heterocycles. The van der Waals surface area contributed by atoms with Crippen molar-refractivity contribution in [2.45, 2.75) is 25.4 Å². The van der Waals surface area contributed by atoms with Crippen molar-refractivity contribution in [2.24, 2.45) is 5.73 Å². The number of hydrogen-bond acceptors (Lipinski definition) is 4. The van der Waals surface area contributed by atoms with Gasteiger partial charge in [-0.15, -0.1) is 0 Å². The van der Waals surface area contributed by atoms with Gasteiger partial charge in [0, 0.05) is 41.5 Å². The van der Waals surface area contributed by atoms with E-state index in [1.807, 2.05) is 6.20 Å². The van der Waals surface area contributed by atoms with Crippen LogP contribution in [-0.4, -0.2) is 41.7 Å². The Labute approximate surface area is 117 Å². The second-order valence-corrected chi connectivity index (χ2v) is 6.16. The number of rotatable bonds is 3. The zero-order chi connectivity index (χ0) is 13.2. The first-order valence-electron chi connectivity index (χ1n) is 6.19. The minimum atomic E-state index is 0.00457. The van der Waals surface area contributed by atoms with E-state index in [0.29, 0.717) is 6.54 Å². The van der Waals surface area contributed by atoms with Crippen molar-refractivity contribution >= 4 is 15.9 Å². The second kappa shape index (κ2) is 5.65. The van der Waals surface area contributed by atoms with E-state index in [4.69, 9.17) is 10.5 Å². The second-order valence-electron chi connectivity index (χ2n) is 5.25. The van der Waals surface area contributed by atoms with Gasteiger partial charge < -0.3 is 10.5 Å². The summed E-state index contributed by atoms with van der Waals surface area (Å²) in [6, 6.07) is 2.28. The number of nitrogens with zero attached hydrogens (tertiary/aromatic N) is 2. The third-order valence-corrected chi connectivity index (χ3v) is 3.85. The molecule has 4 nitrogen and oxygen atoms in total. The highest BCUT2D eigenvalue weighted by molar-refractivity contribution is 9.10. The van der Waals surface area contributed by atoms with E-state index < -0.39 is 0 Å². The number of aromatic nitrogens is 1. The van der Waals surface area contributed by atoms with Crippen LogP contribution >= 0.6 is 15.9 Å². The molecule has 0 aliphatic carbocycles. The molecule has 2 rings (SSSR count). The standard InChI is InChI=1S/C13H20BrN3O/c1-13(2)9-18-4-3-17(13)12(6-15)10-5-11(14)8-16-7-10/h5,7-8,12H,3-4,6,9,15H2,1-2H3. The maximum absolute atomic E-state index is 5.98. The van der Waals surface area contributed by atoms with Gasteiger partial charge in [-0.2, -0.15) is 0 Å². The molecule has 0 aromatic carbocycles. The Bertz CT molecular complexity index is 411. The number of hydrogen-bond donors (Lipinski definition) is 1. The highest BCUT2D eigenvalue weighted by Crippen LogP contribution is 2.30. The fourth-order valence-electron chi connectivity index (χ4n) is 2.50. The Hall–Kier alpha value is -0.490. The molecule has 1 saturated heterocycles. The highest BCUT2D eigenvalue weighted by atomic mass is 79.9. The molecule has 1 unspecified atom stereocenters. The molecule has 5 heteroatoms. The smallest absolute Gasteiger partial charge is 0.0645 e. The topological polar surface area (TPSA) is 51.4 Å². The van der Waals surface area contributed by atoms with Crippen LogP contribution in [0.5, 0.6) is 0 Å². The number of nitrogens with two attached hydrogens (primary N) is 1. The maximum Gasteiger partial charge on any atom is 0.0645 e. The first-order valence-corrected chi connectivity index (χ1v) is 6.99. The third kappa shape index (κ3) is 2.91. The molecule has 0 bridgehead atoms. The Balaban J connectivity index is 2.27. The summed E-state index contributed by atoms with van der Waals surface area (Å²) in [4.78, 5) is 6.65. The first kappa shape index (κ1) is 13.9. The molecule has 0 spiro atoms. The van der Waals surface area contributed by atoms with Gasteiger partial charge in [-0.25, -0.2) is 0 Å². The van der Waals surface area contributed by atoms with Crippen LogP contribution in [0.3, 0.4) is 0 Å². The molecule has 1 fully saturated rings. The van der Waals surface area contributed by atoms with E-state index >= 15 is 0 Å². The minimum Gasteiger partial charge on any atom is -0.378 e. The summed E-state index contributed by atoms with van der Waals surface area (Å²) in [7, 11) is 0. The summed E-state index contributed by atoms with van der Waals surface area (Å²) in [5.74, 6) is 0. The predicted octanol–water partition coefficient (Wildman–Crippen LogP) is 1.95. The van der Waals surface area contributed by atoms with Gasteiger partial charge >= 0.3 is 0 Å². The summed E-state index contributed by atoms with van der Waals surface area (Å²) >= 11 is 3.47. The molecule has 0 saturated carbocycles. The highest BCUT2D eigenvalue weighted by Gasteiger charge is 2.35. The quantitative estimate of drug-likeness (QED) is 0.926. The first-order chi connectivity index (χ1) is 8.54. The van der Waals surface area contributed by atoms with Crippen LogP contribution in [0.25, 0.3) is 0 Å². The number of halogens is 1. The molecule has 1 aliphatic heterocycles. The number of pyridine rings is 1. The molecule has 2 heterocycles. The number of morpholine rings is 1. The van der Waals surface area contributed by atoms with E-state index in [-0.39, 0.29) is 11.6 Å². The average molecular weight is 314 g/mol. The normalized spacial score (nSPS) is 21.8. The lowest BCUT2D eigenvalue weighted by Gasteiger charge is -2.46. The van der Waals surface area contributed by atoms with Crippen LogP contribution in [0.2, 0.25) is 0 Å². The van der Waals surface area contributed by atoms with Crippen molar-refractivity contribution < 1.29 is 4.74 Å². The maximum atomic E-state index is 5.98. The van der Waals surface area contributed by atoms with Gasteiger partial charge in [-0.05, 0) is 41.4 Å². The Kier molecular flexibility index (Phi) is 4.37. The van der Waals surface area contributed by atoms with E-state index in [1.165, 1.54) is 0 Å². The summed E-state index contributed by atoms with van der Waals surface area (Å²) in [5, 5.41) is 0. The van der Waals surface area contributed by atoms with E-state index in [2.05, 4.69) is 45.7 Å². The van der Waals surface area contributed by atoms with Gasteiger partial charge in [0.1, 0.15) is 0 Å². The molecule has 18 heavy (non-hydrogen) atoms. The third-order valence-electron chi connectivity index (χ3n) is 3.42. The molecular weight excluding hydrogens is 294 g/mol. The Morgan fingerprint density at radius 1 is 1.56 bits per heavy atom. The molecule has 2 N–H and O–H groups in total. The molecule has 100 valence electrons. The zero-order valence-electron chi connectivity index (χ0n) is 10.9. The van der Waals surface area contributed by atoms with Gasteiger partial charge in [0.05, 0.1) is 13.2 Å². The van der Waals surface area contributed by atoms with Crippen LogP contribution in [-0.2, 0) is 4.74 Å². The fourth-order valence-corrected chi connectivity index (χ4v) is 2.88. The number of ether oxygens (including phenoxy) is 1. The largest absolute Gasteiger partial charge is 0.378 e.